The van der Waals surface area contributed by atoms with Crippen LogP contribution in [0.15, 0.2) is 16.3 Å². The second-order valence-corrected chi connectivity index (χ2v) is 8.62. The van der Waals surface area contributed by atoms with E-state index in [1.807, 2.05) is 26.2 Å². The van der Waals surface area contributed by atoms with Crippen LogP contribution in [-0.4, -0.2) is 31.9 Å². The first-order valence-corrected chi connectivity index (χ1v) is 9.57. The molecule has 0 amide bonds. The summed E-state index contributed by atoms with van der Waals surface area (Å²) in [6.07, 6.45) is 2.42. The number of nitrogens with one attached hydrogen (secondary N) is 1. The van der Waals surface area contributed by atoms with Gasteiger partial charge < -0.3 is 5.32 Å². The molecule has 0 unspecified atom stereocenters. The smallest absolute Gasteiger partial charge is 0.244 e. The number of rotatable bonds is 8. The van der Waals surface area contributed by atoms with Gasteiger partial charge >= 0.3 is 0 Å². The molecule has 1 fully saturated rings. The van der Waals surface area contributed by atoms with Gasteiger partial charge in [0.2, 0.25) is 10.0 Å². The van der Waals surface area contributed by atoms with E-state index >= 15 is 0 Å². The van der Waals surface area contributed by atoms with Crippen LogP contribution in [0.25, 0.3) is 0 Å². The second kappa shape index (κ2) is 6.56. The molecule has 0 aromatic carbocycles. The maximum Gasteiger partial charge on any atom is 0.244 e. The number of hydrogen-bond donors (Lipinski definition) is 1. The summed E-state index contributed by atoms with van der Waals surface area (Å²) in [5.41, 5.74) is 0. The molecule has 114 valence electrons. The van der Waals surface area contributed by atoms with Gasteiger partial charge in [-0.1, -0.05) is 20.8 Å². The minimum Gasteiger partial charge on any atom is -0.309 e. The van der Waals surface area contributed by atoms with Crippen LogP contribution in [0.4, 0.5) is 0 Å². The number of sulfonamides is 1. The van der Waals surface area contributed by atoms with Crippen LogP contribution in [0, 0.1) is 5.92 Å². The fraction of sp³-hybridized carbons (Fsp3) is 0.714. The summed E-state index contributed by atoms with van der Waals surface area (Å²) in [6, 6.07) is 2.33. The van der Waals surface area contributed by atoms with Crippen molar-refractivity contribution in [3.8, 4) is 0 Å². The molecule has 0 radical (unpaired) electrons. The minimum atomic E-state index is -3.36. The van der Waals surface area contributed by atoms with Gasteiger partial charge in [-0.3, -0.25) is 0 Å². The summed E-state index contributed by atoms with van der Waals surface area (Å²) in [4.78, 5) is 1.41. The Balaban J connectivity index is 2.16. The van der Waals surface area contributed by atoms with E-state index in [4.69, 9.17) is 0 Å². The van der Waals surface area contributed by atoms with Crippen LogP contribution in [0.1, 0.15) is 38.5 Å². The molecule has 1 heterocycles. The van der Waals surface area contributed by atoms with Crippen LogP contribution < -0.4 is 5.32 Å². The van der Waals surface area contributed by atoms with Crippen LogP contribution in [-0.2, 0) is 16.6 Å². The lowest BCUT2D eigenvalue weighted by Crippen LogP contribution is -2.34. The Morgan fingerprint density at radius 1 is 1.45 bits per heavy atom. The molecular weight excluding hydrogens is 292 g/mol. The summed E-state index contributed by atoms with van der Waals surface area (Å²) in [7, 11) is -3.36. The van der Waals surface area contributed by atoms with Gasteiger partial charge in [-0.15, -0.1) is 11.3 Å². The molecule has 20 heavy (non-hydrogen) atoms. The van der Waals surface area contributed by atoms with E-state index in [-0.39, 0.29) is 0 Å². The van der Waals surface area contributed by atoms with Gasteiger partial charge in [-0.05, 0) is 30.2 Å². The van der Waals surface area contributed by atoms with Crippen molar-refractivity contribution in [1.29, 1.82) is 0 Å². The van der Waals surface area contributed by atoms with Gasteiger partial charge in [0.25, 0.3) is 0 Å². The summed E-state index contributed by atoms with van der Waals surface area (Å²) >= 11 is 1.52. The third kappa shape index (κ3) is 3.81. The van der Waals surface area contributed by atoms with Gasteiger partial charge in [0, 0.05) is 30.6 Å². The first kappa shape index (κ1) is 15.9. The van der Waals surface area contributed by atoms with E-state index in [2.05, 4.69) is 5.32 Å². The fourth-order valence-corrected chi connectivity index (χ4v) is 5.13. The van der Waals surface area contributed by atoms with E-state index in [9.17, 15) is 8.42 Å². The molecule has 0 saturated heterocycles. The van der Waals surface area contributed by atoms with Crippen molar-refractivity contribution in [3.05, 3.63) is 16.3 Å². The summed E-state index contributed by atoms with van der Waals surface area (Å²) in [5, 5.41) is 5.27. The van der Waals surface area contributed by atoms with Gasteiger partial charge in [-0.25, -0.2) is 8.42 Å². The normalized spacial score (nSPS) is 16.2. The van der Waals surface area contributed by atoms with E-state index in [1.165, 1.54) is 24.2 Å². The van der Waals surface area contributed by atoms with Crippen LogP contribution >= 0.6 is 11.3 Å². The zero-order valence-electron chi connectivity index (χ0n) is 12.4. The quantitative estimate of drug-likeness (QED) is 0.802. The van der Waals surface area contributed by atoms with Crippen molar-refractivity contribution >= 4 is 21.4 Å². The maximum atomic E-state index is 12.7. The first-order valence-electron chi connectivity index (χ1n) is 7.25. The molecule has 0 spiro atoms. The SMILES string of the molecule is CCN(CC(C)C)S(=O)(=O)c1ccsc1CNC1CC1. The molecule has 1 aromatic rings. The molecular formula is C14H24N2O2S2. The Morgan fingerprint density at radius 3 is 2.70 bits per heavy atom. The van der Waals surface area contributed by atoms with Crippen LogP contribution in [0.2, 0.25) is 0 Å². The first-order chi connectivity index (χ1) is 9.45. The molecule has 0 aliphatic heterocycles. The van der Waals surface area contributed by atoms with Crippen molar-refractivity contribution in [1.82, 2.24) is 9.62 Å². The molecule has 6 heteroatoms. The molecule has 2 rings (SSSR count). The molecule has 0 atom stereocenters. The van der Waals surface area contributed by atoms with E-state index < -0.39 is 10.0 Å². The predicted octanol–water partition coefficient (Wildman–Crippen LogP) is 2.67. The fourth-order valence-electron chi connectivity index (χ4n) is 2.16. The summed E-state index contributed by atoms with van der Waals surface area (Å²) in [5.74, 6) is 0.330. The Kier molecular flexibility index (Phi) is 5.23. The van der Waals surface area contributed by atoms with Crippen LogP contribution in [0.3, 0.4) is 0 Å². The lowest BCUT2D eigenvalue weighted by atomic mass is 10.2. The molecule has 0 bridgehead atoms. The highest BCUT2D eigenvalue weighted by molar-refractivity contribution is 7.89. The van der Waals surface area contributed by atoms with Gasteiger partial charge in [0.1, 0.15) is 0 Å². The highest BCUT2D eigenvalue weighted by Gasteiger charge is 2.28. The topological polar surface area (TPSA) is 49.4 Å². The highest BCUT2D eigenvalue weighted by Crippen LogP contribution is 2.27. The molecule has 1 aliphatic carbocycles. The van der Waals surface area contributed by atoms with Crippen molar-refractivity contribution in [2.24, 2.45) is 5.92 Å². The standard InChI is InChI=1S/C14H24N2O2S2/c1-4-16(10-11(2)3)20(17,18)14-7-8-19-13(14)9-15-12-5-6-12/h7-8,11-12,15H,4-6,9-10H2,1-3H3. The Labute approximate surface area is 126 Å². The van der Waals surface area contributed by atoms with Crippen molar-refractivity contribution in [2.45, 2.75) is 51.1 Å². The summed E-state index contributed by atoms with van der Waals surface area (Å²) < 4.78 is 27.1. The van der Waals surface area contributed by atoms with Gasteiger partial charge in [-0.2, -0.15) is 4.31 Å². The lowest BCUT2D eigenvalue weighted by molar-refractivity contribution is 0.380. The third-order valence-electron chi connectivity index (χ3n) is 3.37. The number of nitrogens with zero attached hydrogens (tertiary/aromatic N) is 1. The molecule has 1 aliphatic rings. The average molecular weight is 316 g/mol. The van der Waals surface area contributed by atoms with Gasteiger partial charge in [0.15, 0.2) is 0 Å². The zero-order valence-corrected chi connectivity index (χ0v) is 14.1. The number of thiophene rings is 1. The number of hydrogen-bond acceptors (Lipinski definition) is 4. The zero-order chi connectivity index (χ0) is 14.8. The highest BCUT2D eigenvalue weighted by atomic mass is 32.2. The molecule has 1 aromatic heterocycles. The summed E-state index contributed by atoms with van der Waals surface area (Å²) in [6.45, 7) is 7.74. The van der Waals surface area contributed by atoms with Crippen molar-refractivity contribution in [3.63, 3.8) is 0 Å². The maximum absolute atomic E-state index is 12.7. The van der Waals surface area contributed by atoms with Gasteiger partial charge in [0.05, 0.1) is 4.90 Å². The Bertz CT molecular complexity index is 533. The third-order valence-corrected chi connectivity index (χ3v) is 6.45. The monoisotopic (exact) mass is 316 g/mol. The Hall–Kier alpha value is -0.430. The lowest BCUT2D eigenvalue weighted by Gasteiger charge is -2.22. The average Bonchev–Trinajstić information content (AvgIpc) is 3.09. The molecule has 4 nitrogen and oxygen atoms in total. The van der Waals surface area contributed by atoms with E-state index in [0.717, 1.165) is 4.88 Å². The molecule has 1 N–H and O–H groups in total. The van der Waals surface area contributed by atoms with Crippen molar-refractivity contribution in [2.75, 3.05) is 13.1 Å². The second-order valence-electron chi connectivity index (χ2n) is 5.71. The van der Waals surface area contributed by atoms with E-state index in [0.29, 0.717) is 36.5 Å². The van der Waals surface area contributed by atoms with Crippen LogP contribution in [0.5, 0.6) is 0 Å². The van der Waals surface area contributed by atoms with E-state index in [1.54, 1.807) is 10.4 Å². The molecule has 1 saturated carbocycles. The predicted molar refractivity (Wildman–Crippen MR) is 83.5 cm³/mol. The minimum absolute atomic E-state index is 0.330. The largest absolute Gasteiger partial charge is 0.309 e. The van der Waals surface area contributed by atoms with Crippen molar-refractivity contribution < 1.29 is 8.42 Å². The Morgan fingerprint density at radius 2 is 2.15 bits per heavy atom.